The van der Waals surface area contributed by atoms with Crippen molar-refractivity contribution in [3.05, 3.63) is 60.7 Å². The molecule has 0 atom stereocenters. The molecule has 1 N–H and O–H groups in total. The Balaban J connectivity index is 1.56. The molecule has 0 amide bonds. The van der Waals surface area contributed by atoms with Gasteiger partial charge >= 0.3 is 0 Å². The van der Waals surface area contributed by atoms with Crippen molar-refractivity contribution in [3.63, 3.8) is 0 Å². The Morgan fingerprint density at radius 1 is 0.920 bits per heavy atom. The lowest BCUT2D eigenvalue weighted by Gasteiger charge is -2.37. The highest BCUT2D eigenvalue weighted by Crippen LogP contribution is 2.28. The number of nitrogens with one attached hydrogen (secondary N) is 1. The maximum absolute atomic E-state index is 5.47. The van der Waals surface area contributed by atoms with Gasteiger partial charge in [-0.05, 0) is 42.0 Å². The lowest BCUT2D eigenvalue weighted by atomic mass is 10.2. The van der Waals surface area contributed by atoms with Gasteiger partial charge in [0.05, 0.1) is 19.9 Å². The number of hydrogen-bond donors (Lipinski definition) is 1. The third-order valence-electron chi connectivity index (χ3n) is 4.44. The second-order valence-corrected chi connectivity index (χ2v) is 5.96. The predicted octanol–water partition coefficient (Wildman–Crippen LogP) is 3.00. The van der Waals surface area contributed by atoms with Gasteiger partial charge < -0.3 is 19.8 Å². The van der Waals surface area contributed by atoms with E-state index in [0.717, 1.165) is 54.6 Å². The first-order valence-electron chi connectivity index (χ1n) is 8.44. The standard InChI is InChI=1S/C20H25N3O2/c1-16(17-8-10-18(24-2)11-9-17)21-23-14-12-22(13-15-23)19-6-4-5-7-20(19)25-3/h4-11,21H,1,12-15H2,2-3H3. The third-order valence-corrected chi connectivity index (χ3v) is 4.44. The van der Waals surface area contributed by atoms with E-state index in [4.69, 9.17) is 9.47 Å². The van der Waals surface area contributed by atoms with Gasteiger partial charge in [0, 0.05) is 31.9 Å². The summed E-state index contributed by atoms with van der Waals surface area (Å²) in [5.41, 5.74) is 6.52. The van der Waals surface area contributed by atoms with Crippen LogP contribution in [-0.2, 0) is 0 Å². The molecule has 1 aliphatic heterocycles. The fourth-order valence-corrected chi connectivity index (χ4v) is 3.00. The number of para-hydroxylation sites is 2. The zero-order valence-corrected chi connectivity index (χ0v) is 14.9. The Labute approximate surface area is 149 Å². The monoisotopic (exact) mass is 339 g/mol. The Hall–Kier alpha value is -2.66. The number of anilines is 1. The summed E-state index contributed by atoms with van der Waals surface area (Å²) < 4.78 is 10.7. The number of piperazine rings is 1. The van der Waals surface area contributed by atoms with Gasteiger partial charge in [-0.2, -0.15) is 0 Å². The highest BCUT2D eigenvalue weighted by Gasteiger charge is 2.19. The number of nitrogens with zero attached hydrogens (tertiary/aromatic N) is 2. The zero-order valence-electron chi connectivity index (χ0n) is 14.9. The van der Waals surface area contributed by atoms with Gasteiger partial charge in [0.1, 0.15) is 11.5 Å². The van der Waals surface area contributed by atoms with Crippen LogP contribution in [0.25, 0.3) is 5.70 Å². The van der Waals surface area contributed by atoms with Gasteiger partial charge in [-0.1, -0.05) is 18.7 Å². The van der Waals surface area contributed by atoms with Crippen molar-refractivity contribution in [1.29, 1.82) is 0 Å². The largest absolute Gasteiger partial charge is 0.497 e. The number of ether oxygens (including phenoxy) is 2. The minimum absolute atomic E-state index is 0.849. The van der Waals surface area contributed by atoms with E-state index in [2.05, 4.69) is 28.0 Å². The number of hydrogen-bond acceptors (Lipinski definition) is 5. The summed E-state index contributed by atoms with van der Waals surface area (Å²) in [6.07, 6.45) is 0. The summed E-state index contributed by atoms with van der Waals surface area (Å²) >= 11 is 0. The minimum atomic E-state index is 0.849. The number of hydrazine groups is 1. The molecule has 0 bridgehead atoms. The summed E-state index contributed by atoms with van der Waals surface area (Å²) in [4.78, 5) is 2.35. The normalized spacial score (nSPS) is 14.9. The molecule has 0 radical (unpaired) electrons. The van der Waals surface area contributed by atoms with E-state index in [0.29, 0.717) is 0 Å². The first-order valence-corrected chi connectivity index (χ1v) is 8.44. The molecule has 5 nitrogen and oxygen atoms in total. The molecule has 2 aromatic carbocycles. The van der Waals surface area contributed by atoms with Crippen LogP contribution < -0.4 is 19.8 Å². The van der Waals surface area contributed by atoms with Crippen molar-refractivity contribution in [3.8, 4) is 11.5 Å². The first kappa shape index (κ1) is 17.2. The lowest BCUT2D eigenvalue weighted by Crippen LogP contribution is -2.51. The molecule has 0 spiro atoms. The van der Waals surface area contributed by atoms with E-state index in [-0.39, 0.29) is 0 Å². The van der Waals surface area contributed by atoms with Crippen LogP contribution in [-0.4, -0.2) is 45.4 Å². The van der Waals surface area contributed by atoms with Crippen molar-refractivity contribution in [2.45, 2.75) is 0 Å². The van der Waals surface area contributed by atoms with Gasteiger partial charge in [-0.3, -0.25) is 0 Å². The molecule has 1 heterocycles. The summed E-state index contributed by atoms with van der Waals surface area (Å²) in [6.45, 7) is 7.84. The highest BCUT2D eigenvalue weighted by molar-refractivity contribution is 5.62. The lowest BCUT2D eigenvalue weighted by molar-refractivity contribution is 0.214. The van der Waals surface area contributed by atoms with Gasteiger partial charge in [0.2, 0.25) is 0 Å². The Bertz CT molecular complexity index is 707. The van der Waals surface area contributed by atoms with Gasteiger partial charge in [0.15, 0.2) is 0 Å². The Morgan fingerprint density at radius 3 is 2.24 bits per heavy atom. The molecule has 3 rings (SSSR count). The van der Waals surface area contributed by atoms with Crippen LogP contribution in [0.15, 0.2) is 55.1 Å². The molecule has 132 valence electrons. The number of methoxy groups -OCH3 is 2. The van der Waals surface area contributed by atoms with Crippen molar-refractivity contribution >= 4 is 11.4 Å². The predicted molar refractivity (Wildman–Crippen MR) is 102 cm³/mol. The van der Waals surface area contributed by atoms with Gasteiger partial charge in [0.25, 0.3) is 0 Å². The molecule has 2 aromatic rings. The molecule has 0 aromatic heterocycles. The van der Waals surface area contributed by atoms with Crippen LogP contribution >= 0.6 is 0 Å². The molecule has 0 unspecified atom stereocenters. The van der Waals surface area contributed by atoms with E-state index in [1.165, 1.54) is 0 Å². The number of rotatable bonds is 6. The molecule has 25 heavy (non-hydrogen) atoms. The van der Waals surface area contributed by atoms with Crippen LogP contribution in [0, 0.1) is 0 Å². The topological polar surface area (TPSA) is 37.0 Å². The van der Waals surface area contributed by atoms with Crippen molar-refractivity contribution < 1.29 is 9.47 Å². The van der Waals surface area contributed by atoms with E-state index in [1.54, 1.807) is 14.2 Å². The number of benzene rings is 2. The molecule has 1 fully saturated rings. The van der Waals surface area contributed by atoms with E-state index >= 15 is 0 Å². The average Bonchev–Trinajstić information content (AvgIpc) is 2.68. The van der Waals surface area contributed by atoms with Crippen LogP contribution in [0.2, 0.25) is 0 Å². The fraction of sp³-hybridized carbons (Fsp3) is 0.300. The SMILES string of the molecule is C=C(NN1CCN(c2ccccc2OC)CC1)c1ccc(OC)cc1. The molecular weight excluding hydrogens is 314 g/mol. The smallest absolute Gasteiger partial charge is 0.142 e. The van der Waals surface area contributed by atoms with Crippen molar-refractivity contribution in [2.24, 2.45) is 0 Å². The second kappa shape index (κ2) is 7.94. The molecule has 0 aliphatic carbocycles. The van der Waals surface area contributed by atoms with Crippen LogP contribution in [0.1, 0.15) is 5.56 Å². The maximum atomic E-state index is 5.47. The van der Waals surface area contributed by atoms with Crippen LogP contribution in [0.5, 0.6) is 11.5 Å². The van der Waals surface area contributed by atoms with Crippen molar-refractivity contribution in [2.75, 3.05) is 45.3 Å². The second-order valence-electron chi connectivity index (χ2n) is 5.96. The van der Waals surface area contributed by atoms with E-state index < -0.39 is 0 Å². The Kier molecular flexibility index (Phi) is 5.46. The van der Waals surface area contributed by atoms with E-state index in [9.17, 15) is 0 Å². The summed E-state index contributed by atoms with van der Waals surface area (Å²) in [5, 5.41) is 2.21. The molecule has 5 heteroatoms. The summed E-state index contributed by atoms with van der Waals surface area (Å²) in [7, 11) is 3.39. The fourth-order valence-electron chi connectivity index (χ4n) is 3.00. The third kappa shape index (κ3) is 4.06. The first-order chi connectivity index (χ1) is 12.2. The minimum Gasteiger partial charge on any atom is -0.497 e. The van der Waals surface area contributed by atoms with E-state index in [1.807, 2.05) is 42.5 Å². The van der Waals surface area contributed by atoms with Gasteiger partial charge in [-0.15, -0.1) is 0 Å². The highest BCUT2D eigenvalue weighted by atomic mass is 16.5. The molecular formula is C20H25N3O2. The molecule has 0 saturated carbocycles. The average molecular weight is 339 g/mol. The van der Waals surface area contributed by atoms with Crippen LogP contribution in [0.4, 0.5) is 5.69 Å². The molecule has 1 aliphatic rings. The Morgan fingerprint density at radius 2 is 1.60 bits per heavy atom. The van der Waals surface area contributed by atoms with Crippen LogP contribution in [0.3, 0.4) is 0 Å². The summed E-state index contributed by atoms with van der Waals surface area (Å²) in [5.74, 6) is 1.77. The zero-order chi connectivity index (χ0) is 17.6. The van der Waals surface area contributed by atoms with Gasteiger partial charge in [-0.25, -0.2) is 5.01 Å². The summed E-state index contributed by atoms with van der Waals surface area (Å²) in [6, 6.07) is 16.1. The maximum Gasteiger partial charge on any atom is 0.142 e. The molecule has 1 saturated heterocycles. The quantitative estimate of drug-likeness (QED) is 0.876. The van der Waals surface area contributed by atoms with Crippen molar-refractivity contribution in [1.82, 2.24) is 10.4 Å².